The highest BCUT2D eigenvalue weighted by Gasteiger charge is 2.21. The molecule has 3 rings (SSSR count). The summed E-state index contributed by atoms with van der Waals surface area (Å²) >= 11 is 0. The van der Waals surface area contributed by atoms with Crippen molar-refractivity contribution < 1.29 is 14.3 Å². The Hall–Kier alpha value is -2.82. The van der Waals surface area contributed by atoms with Gasteiger partial charge >= 0.3 is 0 Å². The van der Waals surface area contributed by atoms with Crippen molar-refractivity contribution in [1.29, 1.82) is 0 Å². The SMILES string of the molecule is CCOc1ccccc1NC(=O)c1ccc(N2CCCC2=O)cc1. The highest BCUT2D eigenvalue weighted by atomic mass is 16.5. The monoisotopic (exact) mass is 324 g/mol. The molecule has 5 nitrogen and oxygen atoms in total. The van der Waals surface area contributed by atoms with Crippen LogP contribution in [0.3, 0.4) is 0 Å². The van der Waals surface area contributed by atoms with Crippen LogP contribution >= 0.6 is 0 Å². The molecule has 0 bridgehead atoms. The second-order valence-corrected chi connectivity index (χ2v) is 5.58. The van der Waals surface area contributed by atoms with Crippen molar-refractivity contribution in [2.24, 2.45) is 0 Å². The van der Waals surface area contributed by atoms with Crippen LogP contribution in [0.4, 0.5) is 11.4 Å². The highest BCUT2D eigenvalue weighted by Crippen LogP contribution is 2.25. The third kappa shape index (κ3) is 3.40. The summed E-state index contributed by atoms with van der Waals surface area (Å²) in [6.45, 7) is 3.18. The van der Waals surface area contributed by atoms with E-state index in [0.717, 1.165) is 18.7 Å². The summed E-state index contributed by atoms with van der Waals surface area (Å²) < 4.78 is 5.51. The number of rotatable bonds is 5. The van der Waals surface area contributed by atoms with Crippen LogP contribution in [0.25, 0.3) is 0 Å². The zero-order chi connectivity index (χ0) is 16.9. The number of nitrogens with one attached hydrogen (secondary N) is 1. The molecule has 24 heavy (non-hydrogen) atoms. The second kappa shape index (κ2) is 7.17. The maximum atomic E-state index is 12.4. The maximum absolute atomic E-state index is 12.4. The van der Waals surface area contributed by atoms with Gasteiger partial charge in [0.15, 0.2) is 0 Å². The van der Waals surface area contributed by atoms with Crippen LogP contribution < -0.4 is 15.0 Å². The number of anilines is 2. The van der Waals surface area contributed by atoms with Gasteiger partial charge in [0.2, 0.25) is 5.91 Å². The Morgan fingerprint density at radius 1 is 1.17 bits per heavy atom. The molecule has 2 aromatic carbocycles. The van der Waals surface area contributed by atoms with E-state index >= 15 is 0 Å². The summed E-state index contributed by atoms with van der Waals surface area (Å²) in [5, 5.41) is 2.86. The molecule has 2 aromatic rings. The van der Waals surface area contributed by atoms with Gasteiger partial charge in [-0.1, -0.05) is 12.1 Å². The van der Waals surface area contributed by atoms with E-state index in [1.54, 1.807) is 23.1 Å². The maximum Gasteiger partial charge on any atom is 0.255 e. The summed E-state index contributed by atoms with van der Waals surface area (Å²) in [4.78, 5) is 25.9. The van der Waals surface area contributed by atoms with Gasteiger partial charge in [0, 0.05) is 24.2 Å². The number of nitrogens with zero attached hydrogens (tertiary/aromatic N) is 1. The molecule has 1 aliphatic rings. The normalized spacial score (nSPS) is 13.9. The number of carbonyl (C=O) groups excluding carboxylic acids is 2. The van der Waals surface area contributed by atoms with Crippen molar-refractivity contribution in [3.8, 4) is 5.75 Å². The van der Waals surface area contributed by atoms with Crippen molar-refractivity contribution in [3.05, 3.63) is 54.1 Å². The second-order valence-electron chi connectivity index (χ2n) is 5.58. The van der Waals surface area contributed by atoms with Crippen LogP contribution in [0.15, 0.2) is 48.5 Å². The largest absolute Gasteiger partial charge is 0.492 e. The van der Waals surface area contributed by atoms with Gasteiger partial charge in [0.05, 0.1) is 12.3 Å². The van der Waals surface area contributed by atoms with E-state index in [9.17, 15) is 9.59 Å². The summed E-state index contributed by atoms with van der Waals surface area (Å²) in [7, 11) is 0. The molecule has 0 radical (unpaired) electrons. The molecule has 1 heterocycles. The molecule has 124 valence electrons. The first kappa shape index (κ1) is 16.1. The Balaban J connectivity index is 1.73. The molecule has 0 unspecified atom stereocenters. The first-order valence-electron chi connectivity index (χ1n) is 8.12. The van der Waals surface area contributed by atoms with Gasteiger partial charge in [-0.15, -0.1) is 0 Å². The average molecular weight is 324 g/mol. The van der Waals surface area contributed by atoms with E-state index in [4.69, 9.17) is 4.74 Å². The van der Waals surface area contributed by atoms with Crippen molar-refractivity contribution in [2.45, 2.75) is 19.8 Å². The van der Waals surface area contributed by atoms with Crippen molar-refractivity contribution in [2.75, 3.05) is 23.4 Å². The highest BCUT2D eigenvalue weighted by molar-refractivity contribution is 6.05. The Morgan fingerprint density at radius 2 is 1.92 bits per heavy atom. The molecule has 0 atom stereocenters. The first-order valence-corrected chi connectivity index (χ1v) is 8.12. The summed E-state index contributed by atoms with van der Waals surface area (Å²) in [6.07, 6.45) is 1.48. The third-order valence-electron chi connectivity index (χ3n) is 3.95. The smallest absolute Gasteiger partial charge is 0.255 e. The van der Waals surface area contributed by atoms with Gasteiger partial charge < -0.3 is 15.0 Å². The molecule has 0 aromatic heterocycles. The predicted octanol–water partition coefficient (Wildman–Crippen LogP) is 3.46. The molecule has 0 saturated carbocycles. The van der Waals surface area contributed by atoms with Crippen molar-refractivity contribution in [1.82, 2.24) is 0 Å². The summed E-state index contributed by atoms with van der Waals surface area (Å²) in [6, 6.07) is 14.4. The minimum absolute atomic E-state index is 0.137. The number of benzene rings is 2. The molecule has 1 fully saturated rings. The van der Waals surface area contributed by atoms with Gasteiger partial charge in [-0.3, -0.25) is 9.59 Å². The van der Waals surface area contributed by atoms with Crippen LogP contribution in [0.2, 0.25) is 0 Å². The van der Waals surface area contributed by atoms with Gasteiger partial charge in [-0.2, -0.15) is 0 Å². The van der Waals surface area contributed by atoms with Crippen LogP contribution in [0, 0.1) is 0 Å². The Kier molecular flexibility index (Phi) is 4.79. The Bertz CT molecular complexity index is 741. The zero-order valence-corrected chi connectivity index (χ0v) is 13.6. The fraction of sp³-hybridized carbons (Fsp3) is 0.263. The van der Waals surface area contributed by atoms with Crippen molar-refractivity contribution >= 4 is 23.2 Å². The van der Waals surface area contributed by atoms with Crippen LogP contribution in [0.1, 0.15) is 30.1 Å². The standard InChI is InChI=1S/C19H20N2O3/c1-2-24-17-7-4-3-6-16(17)20-19(23)14-9-11-15(12-10-14)21-13-5-8-18(21)22/h3-4,6-7,9-12H,2,5,8,13H2,1H3,(H,20,23). The number of para-hydroxylation sites is 2. The molecule has 1 N–H and O–H groups in total. The lowest BCUT2D eigenvalue weighted by molar-refractivity contribution is -0.117. The van der Waals surface area contributed by atoms with Crippen LogP contribution in [-0.2, 0) is 4.79 Å². The average Bonchev–Trinajstić information content (AvgIpc) is 3.03. The van der Waals surface area contributed by atoms with Crippen molar-refractivity contribution in [3.63, 3.8) is 0 Å². The van der Waals surface area contributed by atoms with Gasteiger partial charge in [-0.25, -0.2) is 0 Å². The fourth-order valence-electron chi connectivity index (χ4n) is 2.76. The van der Waals surface area contributed by atoms with E-state index < -0.39 is 0 Å². The lowest BCUT2D eigenvalue weighted by atomic mass is 10.1. The zero-order valence-electron chi connectivity index (χ0n) is 13.6. The number of hydrogen-bond acceptors (Lipinski definition) is 3. The number of amides is 2. The van der Waals surface area contributed by atoms with Gasteiger partial charge in [0.25, 0.3) is 5.91 Å². The minimum atomic E-state index is -0.207. The molecular weight excluding hydrogens is 304 g/mol. The van der Waals surface area contributed by atoms with Gasteiger partial charge in [0.1, 0.15) is 5.75 Å². The quantitative estimate of drug-likeness (QED) is 0.916. The topological polar surface area (TPSA) is 58.6 Å². The molecule has 1 aliphatic heterocycles. The first-order chi connectivity index (χ1) is 11.7. The minimum Gasteiger partial charge on any atom is -0.492 e. The van der Waals surface area contributed by atoms with E-state index in [1.165, 1.54) is 0 Å². The van der Waals surface area contributed by atoms with Crippen LogP contribution in [0.5, 0.6) is 5.75 Å². The molecule has 1 saturated heterocycles. The molecule has 2 amide bonds. The predicted molar refractivity (Wildman–Crippen MR) is 93.6 cm³/mol. The van der Waals surface area contributed by atoms with E-state index in [1.807, 2.05) is 37.3 Å². The summed E-state index contributed by atoms with van der Waals surface area (Å²) in [5.41, 5.74) is 2.02. The number of hydrogen-bond donors (Lipinski definition) is 1. The van der Waals surface area contributed by atoms with Gasteiger partial charge in [-0.05, 0) is 49.7 Å². The van der Waals surface area contributed by atoms with E-state index in [2.05, 4.69) is 5.32 Å². The fourth-order valence-corrected chi connectivity index (χ4v) is 2.76. The molecule has 0 spiro atoms. The Labute approximate surface area is 141 Å². The lowest BCUT2D eigenvalue weighted by Crippen LogP contribution is -2.23. The van der Waals surface area contributed by atoms with E-state index in [-0.39, 0.29) is 11.8 Å². The molecular formula is C19H20N2O3. The van der Waals surface area contributed by atoms with E-state index in [0.29, 0.717) is 30.0 Å². The number of carbonyl (C=O) groups is 2. The Morgan fingerprint density at radius 3 is 2.58 bits per heavy atom. The molecule has 0 aliphatic carbocycles. The third-order valence-corrected chi connectivity index (χ3v) is 3.95. The lowest BCUT2D eigenvalue weighted by Gasteiger charge is -2.16. The summed E-state index contributed by atoms with van der Waals surface area (Å²) in [5.74, 6) is 0.576. The van der Waals surface area contributed by atoms with Crippen LogP contribution in [-0.4, -0.2) is 25.0 Å². The molecule has 5 heteroatoms. The number of ether oxygens (including phenoxy) is 1.